The quantitative estimate of drug-likeness (QED) is 0.513. The van der Waals surface area contributed by atoms with Crippen molar-refractivity contribution < 1.29 is 24.9 Å². The van der Waals surface area contributed by atoms with Crippen molar-refractivity contribution in [2.24, 2.45) is 0 Å². The van der Waals surface area contributed by atoms with E-state index in [0.717, 1.165) is 0 Å². The second-order valence-electron chi connectivity index (χ2n) is 3.21. The lowest BCUT2D eigenvalue weighted by molar-refractivity contribution is 0.0538. The molecule has 1 atom stereocenters. The molecule has 0 bridgehead atoms. The van der Waals surface area contributed by atoms with Crippen molar-refractivity contribution in [2.45, 2.75) is 6.10 Å². The lowest BCUT2D eigenvalue weighted by Gasteiger charge is -2.11. The number of benzene rings is 1. The number of aromatic carboxylic acids is 1. The molecule has 1 aromatic rings. The molecule has 0 saturated carbocycles. The third-order valence-electron chi connectivity index (χ3n) is 1.90. The van der Waals surface area contributed by atoms with Crippen molar-refractivity contribution in [3.63, 3.8) is 0 Å². The van der Waals surface area contributed by atoms with Gasteiger partial charge in [-0.15, -0.1) is 0 Å². The molecule has 5 N–H and O–H groups in total. The van der Waals surface area contributed by atoms with Crippen LogP contribution in [-0.4, -0.2) is 40.6 Å². The maximum atomic E-state index is 10.6. The summed E-state index contributed by atoms with van der Waals surface area (Å²) in [4.78, 5) is 10.6. The molecule has 0 heterocycles. The Kier molecular flexibility index (Phi) is 4.10. The van der Waals surface area contributed by atoms with Crippen LogP contribution in [0, 0.1) is 0 Å². The third-order valence-corrected chi connectivity index (χ3v) is 1.90. The number of rotatable bonds is 5. The second-order valence-corrected chi connectivity index (χ2v) is 3.21. The number of aliphatic hydroxyl groups excluding tert-OH is 2. The molecule has 0 saturated heterocycles. The first kappa shape index (κ1) is 12.3. The van der Waals surface area contributed by atoms with Crippen LogP contribution in [0.1, 0.15) is 10.4 Å². The van der Waals surface area contributed by atoms with Gasteiger partial charge in [0.1, 0.15) is 18.5 Å². The molecule has 1 aromatic carbocycles. The summed E-state index contributed by atoms with van der Waals surface area (Å²) in [5.41, 5.74) is 5.79. The Morgan fingerprint density at radius 2 is 2.19 bits per heavy atom. The number of carboxylic acid groups (broad SMARTS) is 1. The SMILES string of the molecule is Nc1cc(C(=O)O)ccc1OCC(O)CO. The van der Waals surface area contributed by atoms with Crippen molar-refractivity contribution in [3.8, 4) is 5.75 Å². The van der Waals surface area contributed by atoms with E-state index in [1.807, 2.05) is 0 Å². The van der Waals surface area contributed by atoms with Gasteiger partial charge in [0, 0.05) is 0 Å². The Bertz CT molecular complexity index is 379. The highest BCUT2D eigenvalue weighted by molar-refractivity contribution is 5.89. The van der Waals surface area contributed by atoms with Crippen LogP contribution in [0.15, 0.2) is 18.2 Å². The standard InChI is InChI=1S/C10H13NO5/c11-8-3-6(10(14)15)1-2-9(8)16-5-7(13)4-12/h1-3,7,12-13H,4-5,11H2,(H,14,15). The molecule has 16 heavy (non-hydrogen) atoms. The van der Waals surface area contributed by atoms with E-state index >= 15 is 0 Å². The van der Waals surface area contributed by atoms with Crippen molar-refractivity contribution >= 4 is 11.7 Å². The minimum Gasteiger partial charge on any atom is -0.489 e. The largest absolute Gasteiger partial charge is 0.489 e. The van der Waals surface area contributed by atoms with Gasteiger partial charge in [-0.3, -0.25) is 0 Å². The topological polar surface area (TPSA) is 113 Å². The highest BCUT2D eigenvalue weighted by Crippen LogP contribution is 2.22. The first-order valence-electron chi connectivity index (χ1n) is 4.59. The number of carboxylic acids is 1. The van der Waals surface area contributed by atoms with Crippen LogP contribution in [0.5, 0.6) is 5.75 Å². The fraction of sp³-hybridized carbons (Fsp3) is 0.300. The minimum atomic E-state index is -1.08. The van der Waals surface area contributed by atoms with E-state index in [1.54, 1.807) is 0 Å². The summed E-state index contributed by atoms with van der Waals surface area (Å²) >= 11 is 0. The van der Waals surface area contributed by atoms with E-state index in [1.165, 1.54) is 18.2 Å². The van der Waals surface area contributed by atoms with Gasteiger partial charge in [-0.1, -0.05) is 0 Å². The Balaban J connectivity index is 2.72. The zero-order chi connectivity index (χ0) is 12.1. The Morgan fingerprint density at radius 1 is 1.50 bits per heavy atom. The number of hydrogen-bond acceptors (Lipinski definition) is 5. The summed E-state index contributed by atoms with van der Waals surface area (Å²) in [6.45, 7) is -0.514. The molecule has 0 amide bonds. The van der Waals surface area contributed by atoms with Crippen molar-refractivity contribution in [2.75, 3.05) is 18.9 Å². The molecule has 0 spiro atoms. The van der Waals surface area contributed by atoms with Crippen molar-refractivity contribution in [1.82, 2.24) is 0 Å². The van der Waals surface area contributed by atoms with E-state index in [2.05, 4.69) is 0 Å². The fourth-order valence-corrected chi connectivity index (χ4v) is 1.05. The molecule has 6 nitrogen and oxygen atoms in total. The monoisotopic (exact) mass is 227 g/mol. The number of anilines is 1. The van der Waals surface area contributed by atoms with Gasteiger partial charge in [0.05, 0.1) is 17.9 Å². The number of ether oxygens (including phenoxy) is 1. The zero-order valence-corrected chi connectivity index (χ0v) is 8.46. The van der Waals surface area contributed by atoms with Gasteiger partial charge in [0.15, 0.2) is 0 Å². The fourth-order valence-electron chi connectivity index (χ4n) is 1.05. The highest BCUT2D eigenvalue weighted by Gasteiger charge is 2.08. The molecule has 0 aliphatic carbocycles. The summed E-state index contributed by atoms with van der Waals surface area (Å²) in [6.07, 6.45) is -0.987. The molecule has 1 rings (SSSR count). The minimum absolute atomic E-state index is 0.0626. The average Bonchev–Trinajstić information content (AvgIpc) is 2.26. The zero-order valence-electron chi connectivity index (χ0n) is 8.46. The summed E-state index contributed by atoms with van der Waals surface area (Å²) in [6, 6.07) is 4.02. The van der Waals surface area contributed by atoms with Crippen LogP contribution in [-0.2, 0) is 0 Å². The maximum absolute atomic E-state index is 10.6. The van der Waals surface area contributed by atoms with Gasteiger partial charge in [-0.2, -0.15) is 0 Å². The molecule has 1 unspecified atom stereocenters. The highest BCUT2D eigenvalue weighted by atomic mass is 16.5. The number of aliphatic hydroxyl groups is 2. The molecule has 0 aromatic heterocycles. The smallest absolute Gasteiger partial charge is 0.335 e. The molecule has 0 radical (unpaired) electrons. The van der Waals surface area contributed by atoms with Crippen LogP contribution in [0.25, 0.3) is 0 Å². The predicted molar refractivity (Wildman–Crippen MR) is 56.4 cm³/mol. The summed E-state index contributed by atoms with van der Waals surface area (Å²) < 4.78 is 5.10. The van der Waals surface area contributed by atoms with Crippen LogP contribution in [0.3, 0.4) is 0 Å². The van der Waals surface area contributed by atoms with Crippen LogP contribution in [0.2, 0.25) is 0 Å². The van der Waals surface area contributed by atoms with Gasteiger partial charge in [-0.25, -0.2) is 4.79 Å². The Morgan fingerprint density at radius 3 is 2.69 bits per heavy atom. The van der Waals surface area contributed by atoms with E-state index in [9.17, 15) is 4.79 Å². The molecular weight excluding hydrogens is 214 g/mol. The molecule has 0 fully saturated rings. The molecule has 6 heteroatoms. The van der Waals surface area contributed by atoms with Gasteiger partial charge in [0.25, 0.3) is 0 Å². The van der Waals surface area contributed by atoms with Crippen LogP contribution in [0.4, 0.5) is 5.69 Å². The average molecular weight is 227 g/mol. The lowest BCUT2D eigenvalue weighted by atomic mass is 10.2. The maximum Gasteiger partial charge on any atom is 0.335 e. The molecular formula is C10H13NO5. The predicted octanol–water partition coefficient (Wildman–Crippen LogP) is -0.301. The first-order valence-corrected chi connectivity index (χ1v) is 4.59. The van der Waals surface area contributed by atoms with Gasteiger partial charge in [-0.05, 0) is 18.2 Å². The van der Waals surface area contributed by atoms with E-state index < -0.39 is 18.7 Å². The Hall–Kier alpha value is -1.79. The number of carbonyl (C=O) groups is 1. The molecule has 0 aliphatic heterocycles. The third kappa shape index (κ3) is 3.11. The summed E-state index contributed by atoms with van der Waals surface area (Å²) in [5, 5.41) is 26.3. The van der Waals surface area contributed by atoms with Crippen molar-refractivity contribution in [1.29, 1.82) is 0 Å². The first-order chi connectivity index (χ1) is 7.54. The molecule has 88 valence electrons. The number of nitrogens with two attached hydrogens (primary N) is 1. The van der Waals surface area contributed by atoms with Crippen LogP contribution < -0.4 is 10.5 Å². The Labute approximate surface area is 91.9 Å². The lowest BCUT2D eigenvalue weighted by Crippen LogP contribution is -2.21. The second kappa shape index (κ2) is 5.34. The molecule has 0 aliphatic rings. The van der Waals surface area contributed by atoms with Crippen molar-refractivity contribution in [3.05, 3.63) is 23.8 Å². The summed E-state index contributed by atoms with van der Waals surface area (Å²) in [7, 11) is 0. The van der Waals surface area contributed by atoms with E-state index in [-0.39, 0.29) is 23.6 Å². The van der Waals surface area contributed by atoms with Gasteiger partial charge < -0.3 is 25.8 Å². The van der Waals surface area contributed by atoms with E-state index in [0.29, 0.717) is 0 Å². The van der Waals surface area contributed by atoms with Gasteiger partial charge in [0.2, 0.25) is 0 Å². The number of hydrogen-bond donors (Lipinski definition) is 4. The summed E-state index contributed by atoms with van der Waals surface area (Å²) in [5.74, 6) is -0.800. The number of nitrogen functional groups attached to an aromatic ring is 1. The van der Waals surface area contributed by atoms with Gasteiger partial charge >= 0.3 is 5.97 Å². The van der Waals surface area contributed by atoms with Crippen LogP contribution >= 0.6 is 0 Å². The van der Waals surface area contributed by atoms with E-state index in [4.69, 9.17) is 25.8 Å². The normalized spacial score (nSPS) is 12.1.